The summed E-state index contributed by atoms with van der Waals surface area (Å²) in [7, 11) is -1.19. The van der Waals surface area contributed by atoms with Crippen LogP contribution in [-0.4, -0.2) is 33.0 Å². The number of hydrogen-bond donors (Lipinski definition) is 1. The van der Waals surface area contributed by atoms with Crippen LogP contribution >= 0.6 is 11.6 Å². The average Bonchev–Trinajstić information content (AvgIpc) is 2.97. The number of carbonyl (C=O) groups excluding carboxylic acids is 1. The number of amides is 1. The molecule has 142 valence electrons. The van der Waals surface area contributed by atoms with Crippen molar-refractivity contribution < 1.29 is 22.5 Å². The van der Waals surface area contributed by atoms with Crippen molar-refractivity contribution in [3.8, 4) is 0 Å². The van der Waals surface area contributed by atoms with E-state index in [9.17, 15) is 13.2 Å². The van der Waals surface area contributed by atoms with E-state index in [2.05, 4.69) is 5.32 Å². The maximum absolute atomic E-state index is 12.5. The van der Waals surface area contributed by atoms with Crippen LogP contribution in [-0.2, 0) is 14.9 Å². The summed E-state index contributed by atoms with van der Waals surface area (Å²) in [6.07, 6.45) is 0. The summed E-state index contributed by atoms with van der Waals surface area (Å²) in [6.45, 7) is 1.77. The summed E-state index contributed by atoms with van der Waals surface area (Å²) in [5, 5.41) is 4.00. The zero-order chi connectivity index (χ0) is 19.8. The molecule has 0 atom stereocenters. The fourth-order valence-corrected chi connectivity index (χ4v) is 3.70. The largest absolute Gasteiger partial charge is 0.451 e. The molecule has 0 aliphatic heterocycles. The number of fused-ring (bicyclic) bond motifs is 1. The first-order valence-electron chi connectivity index (χ1n) is 7.87. The van der Waals surface area contributed by atoms with Crippen molar-refractivity contribution in [2.75, 3.05) is 19.5 Å². The fraction of sp³-hybridized carbons (Fsp3) is 0.167. The number of hydroxylamine groups is 1. The molecule has 1 amide bonds. The van der Waals surface area contributed by atoms with Gasteiger partial charge in [-0.15, -0.1) is 0 Å². The third kappa shape index (κ3) is 3.70. The molecule has 0 fully saturated rings. The van der Waals surface area contributed by atoms with Gasteiger partial charge in [-0.2, -0.15) is 0 Å². The zero-order valence-electron chi connectivity index (χ0n) is 14.8. The Bertz CT molecular complexity index is 1110. The molecule has 0 aliphatic carbocycles. The highest BCUT2D eigenvalue weighted by Gasteiger charge is 2.21. The van der Waals surface area contributed by atoms with E-state index in [1.807, 2.05) is 0 Å². The van der Waals surface area contributed by atoms with Gasteiger partial charge >= 0.3 is 0 Å². The second-order valence-corrected chi connectivity index (χ2v) is 8.14. The number of rotatable bonds is 5. The molecule has 0 saturated carbocycles. The van der Waals surface area contributed by atoms with Crippen LogP contribution in [0.25, 0.3) is 11.0 Å². The van der Waals surface area contributed by atoms with Crippen molar-refractivity contribution in [1.82, 2.24) is 4.47 Å². The van der Waals surface area contributed by atoms with Gasteiger partial charge in [0, 0.05) is 28.7 Å². The lowest BCUT2D eigenvalue weighted by Crippen LogP contribution is -2.25. The molecular formula is C18H17ClN2O5S. The Morgan fingerprint density at radius 2 is 1.85 bits per heavy atom. The van der Waals surface area contributed by atoms with Crippen molar-refractivity contribution in [2.24, 2.45) is 0 Å². The minimum atomic E-state index is -3.75. The summed E-state index contributed by atoms with van der Waals surface area (Å²) in [6, 6.07) is 10.9. The van der Waals surface area contributed by atoms with Gasteiger partial charge in [-0.1, -0.05) is 16.1 Å². The minimum Gasteiger partial charge on any atom is -0.451 e. The third-order valence-corrected chi connectivity index (χ3v) is 6.04. The number of hydrogen-bond acceptors (Lipinski definition) is 5. The van der Waals surface area contributed by atoms with Crippen LogP contribution in [0.4, 0.5) is 5.69 Å². The normalized spacial score (nSPS) is 11.9. The van der Waals surface area contributed by atoms with E-state index < -0.39 is 15.9 Å². The highest BCUT2D eigenvalue weighted by atomic mass is 35.5. The molecule has 1 N–H and O–H groups in total. The Balaban J connectivity index is 1.84. The van der Waals surface area contributed by atoms with E-state index in [4.69, 9.17) is 20.9 Å². The van der Waals surface area contributed by atoms with Gasteiger partial charge in [-0.05, 0) is 49.4 Å². The first-order valence-corrected chi connectivity index (χ1v) is 9.69. The van der Waals surface area contributed by atoms with Crippen LogP contribution in [0, 0.1) is 6.92 Å². The van der Waals surface area contributed by atoms with E-state index in [0.29, 0.717) is 21.9 Å². The minimum absolute atomic E-state index is 0.0411. The Kier molecular flexibility index (Phi) is 5.25. The van der Waals surface area contributed by atoms with Gasteiger partial charge in [0.1, 0.15) is 5.58 Å². The summed E-state index contributed by atoms with van der Waals surface area (Å²) in [5.74, 6) is -0.271. The van der Waals surface area contributed by atoms with Crippen molar-refractivity contribution >= 4 is 44.2 Å². The number of furan rings is 1. The number of nitrogens with one attached hydrogen (secondary N) is 1. The Morgan fingerprint density at radius 3 is 2.48 bits per heavy atom. The van der Waals surface area contributed by atoms with Gasteiger partial charge in [0.2, 0.25) is 0 Å². The van der Waals surface area contributed by atoms with Gasteiger partial charge in [0.05, 0.1) is 12.0 Å². The molecule has 1 aromatic heterocycles. The van der Waals surface area contributed by atoms with Crippen LogP contribution in [0.15, 0.2) is 51.8 Å². The predicted molar refractivity (Wildman–Crippen MR) is 102 cm³/mol. The Labute approximate surface area is 161 Å². The number of aryl methyl sites for hydroxylation is 1. The lowest BCUT2D eigenvalue weighted by atomic mass is 10.1. The molecule has 0 aliphatic rings. The Hall–Kier alpha value is -2.39. The van der Waals surface area contributed by atoms with E-state index in [1.165, 1.54) is 38.4 Å². The lowest BCUT2D eigenvalue weighted by molar-refractivity contribution is -0.0258. The molecule has 0 spiro atoms. The van der Waals surface area contributed by atoms with Crippen molar-refractivity contribution in [2.45, 2.75) is 11.8 Å². The van der Waals surface area contributed by atoms with E-state index in [0.717, 1.165) is 9.85 Å². The predicted octanol–water partition coefficient (Wildman–Crippen LogP) is 3.83. The highest BCUT2D eigenvalue weighted by Crippen LogP contribution is 2.28. The second kappa shape index (κ2) is 7.32. The van der Waals surface area contributed by atoms with Crippen molar-refractivity contribution in [3.05, 3.63) is 58.8 Å². The lowest BCUT2D eigenvalue weighted by Gasteiger charge is -2.14. The smallest absolute Gasteiger partial charge is 0.291 e. The Morgan fingerprint density at radius 1 is 1.19 bits per heavy atom. The number of carbonyl (C=O) groups is 1. The molecule has 0 saturated heterocycles. The molecule has 0 bridgehead atoms. The molecular weight excluding hydrogens is 392 g/mol. The third-order valence-electron chi connectivity index (χ3n) is 4.11. The molecule has 3 rings (SSSR count). The molecule has 0 unspecified atom stereocenters. The average molecular weight is 409 g/mol. The molecule has 27 heavy (non-hydrogen) atoms. The van der Waals surface area contributed by atoms with Crippen LogP contribution in [0.5, 0.6) is 0 Å². The van der Waals surface area contributed by atoms with E-state index >= 15 is 0 Å². The van der Waals surface area contributed by atoms with Crippen LogP contribution < -0.4 is 5.32 Å². The maximum atomic E-state index is 12.5. The van der Waals surface area contributed by atoms with Crippen LogP contribution in [0.1, 0.15) is 16.1 Å². The fourth-order valence-electron chi connectivity index (χ4n) is 2.55. The first kappa shape index (κ1) is 19.4. The van der Waals surface area contributed by atoms with E-state index in [-0.39, 0.29) is 10.7 Å². The number of sulfonamides is 1. The molecule has 3 aromatic rings. The monoisotopic (exact) mass is 408 g/mol. The number of nitrogens with zero attached hydrogens (tertiary/aromatic N) is 1. The summed E-state index contributed by atoms with van der Waals surface area (Å²) >= 11 is 5.99. The maximum Gasteiger partial charge on any atom is 0.291 e. The molecule has 1 heterocycles. The summed E-state index contributed by atoms with van der Waals surface area (Å²) < 4.78 is 30.7. The summed E-state index contributed by atoms with van der Waals surface area (Å²) in [4.78, 5) is 17.3. The van der Waals surface area contributed by atoms with Gasteiger partial charge in [0.15, 0.2) is 5.76 Å². The van der Waals surface area contributed by atoms with Gasteiger partial charge in [0.25, 0.3) is 15.9 Å². The molecule has 0 radical (unpaired) electrons. The number of anilines is 1. The second-order valence-electron chi connectivity index (χ2n) is 5.77. The van der Waals surface area contributed by atoms with E-state index in [1.54, 1.807) is 25.1 Å². The molecule has 9 heteroatoms. The van der Waals surface area contributed by atoms with Gasteiger partial charge in [-0.25, -0.2) is 8.42 Å². The van der Waals surface area contributed by atoms with Crippen LogP contribution in [0.2, 0.25) is 5.02 Å². The SMILES string of the molecule is CON(C)S(=O)(=O)c1ccc(NC(=O)c2oc3ccc(Cl)cc3c2C)cc1. The van der Waals surface area contributed by atoms with Gasteiger partial charge < -0.3 is 9.73 Å². The van der Waals surface area contributed by atoms with Crippen molar-refractivity contribution in [3.63, 3.8) is 0 Å². The zero-order valence-corrected chi connectivity index (χ0v) is 16.4. The standard InChI is InChI=1S/C18H17ClN2O5S/c1-11-15-10-12(19)4-9-16(15)26-17(11)18(22)20-13-5-7-14(8-6-13)27(23,24)21(2)25-3/h4-10H,1-3H3,(H,20,22). The summed E-state index contributed by atoms with van der Waals surface area (Å²) in [5.41, 5.74) is 1.66. The van der Waals surface area contributed by atoms with Crippen LogP contribution in [0.3, 0.4) is 0 Å². The first-order chi connectivity index (χ1) is 12.7. The molecule has 2 aromatic carbocycles. The number of benzene rings is 2. The molecule has 7 nitrogen and oxygen atoms in total. The number of halogens is 1. The van der Waals surface area contributed by atoms with Gasteiger partial charge in [-0.3, -0.25) is 9.63 Å². The van der Waals surface area contributed by atoms with Crippen molar-refractivity contribution in [1.29, 1.82) is 0 Å². The highest BCUT2D eigenvalue weighted by molar-refractivity contribution is 7.89. The quantitative estimate of drug-likeness (QED) is 0.648. The topological polar surface area (TPSA) is 88.9 Å².